The molecule has 1 aromatic heterocycles. The average molecular weight is 445 g/mol. The molecule has 0 unspecified atom stereocenters. The number of amides is 2. The number of carbonyl (C=O) groups excluding carboxylic acids is 2. The van der Waals surface area contributed by atoms with Crippen LogP contribution in [0.25, 0.3) is 0 Å². The molecule has 1 aliphatic carbocycles. The van der Waals surface area contributed by atoms with Gasteiger partial charge >= 0.3 is 0 Å². The van der Waals surface area contributed by atoms with Crippen molar-refractivity contribution in [1.29, 1.82) is 0 Å². The van der Waals surface area contributed by atoms with E-state index in [-0.39, 0.29) is 17.2 Å². The van der Waals surface area contributed by atoms with Crippen molar-refractivity contribution in [2.75, 3.05) is 18.1 Å². The molecule has 4 rings (SSSR count). The number of furan rings is 1. The first kappa shape index (κ1) is 21.4. The molecule has 1 aromatic carbocycles. The van der Waals surface area contributed by atoms with E-state index in [1.165, 1.54) is 32.1 Å². The van der Waals surface area contributed by atoms with Gasteiger partial charge in [0.05, 0.1) is 18.6 Å². The molecular weight excluding hydrogens is 416 g/mol. The van der Waals surface area contributed by atoms with Crippen LogP contribution in [0.3, 0.4) is 0 Å². The van der Waals surface area contributed by atoms with Gasteiger partial charge in [-0.25, -0.2) is 0 Å². The molecule has 1 aliphatic heterocycles. The number of carbonyl (C=O) groups is 2. The van der Waals surface area contributed by atoms with Crippen molar-refractivity contribution in [3.63, 3.8) is 0 Å². The van der Waals surface area contributed by atoms with Crippen LogP contribution in [-0.4, -0.2) is 40.0 Å². The summed E-state index contributed by atoms with van der Waals surface area (Å²) < 4.78 is 5.41. The number of benzene rings is 1. The van der Waals surface area contributed by atoms with E-state index < -0.39 is 0 Å². The second-order valence-electron chi connectivity index (χ2n) is 7.77. The van der Waals surface area contributed by atoms with Crippen molar-refractivity contribution in [2.24, 2.45) is 0 Å². The highest BCUT2D eigenvalue weighted by Gasteiger charge is 2.33. The van der Waals surface area contributed by atoms with Gasteiger partial charge in [0.25, 0.3) is 5.91 Å². The lowest BCUT2D eigenvalue weighted by atomic mass is 10.0. The Bertz CT molecular complexity index is 833. The fraction of sp³-hybridized carbons (Fsp3) is 0.478. The molecule has 5 nitrogen and oxygen atoms in total. The summed E-state index contributed by atoms with van der Waals surface area (Å²) in [4.78, 5) is 26.6. The van der Waals surface area contributed by atoms with Crippen molar-refractivity contribution in [2.45, 2.75) is 49.3 Å². The Morgan fingerprint density at radius 2 is 1.97 bits per heavy atom. The molecule has 2 aliphatic rings. The summed E-state index contributed by atoms with van der Waals surface area (Å²) >= 11 is 3.60. The molecule has 7 heteroatoms. The van der Waals surface area contributed by atoms with Gasteiger partial charge in [0, 0.05) is 23.1 Å². The summed E-state index contributed by atoms with van der Waals surface area (Å²) in [6.45, 7) is 1.16. The third-order valence-corrected chi connectivity index (χ3v) is 8.26. The second kappa shape index (κ2) is 10.4. The van der Waals surface area contributed by atoms with E-state index in [9.17, 15) is 9.59 Å². The monoisotopic (exact) mass is 444 g/mol. The molecule has 0 bridgehead atoms. The number of nitrogens with one attached hydrogen (secondary N) is 1. The molecule has 1 saturated heterocycles. The molecule has 0 radical (unpaired) electrons. The van der Waals surface area contributed by atoms with E-state index in [0.717, 1.165) is 22.3 Å². The minimum atomic E-state index is -0.0494. The van der Waals surface area contributed by atoms with Crippen LogP contribution in [0, 0.1) is 0 Å². The van der Waals surface area contributed by atoms with Crippen molar-refractivity contribution in [1.82, 2.24) is 10.2 Å². The normalized spacial score (nSPS) is 19.9. The first-order valence-electron chi connectivity index (χ1n) is 10.6. The summed E-state index contributed by atoms with van der Waals surface area (Å²) in [6, 6.07) is 11.3. The molecule has 1 N–H and O–H groups in total. The van der Waals surface area contributed by atoms with Crippen LogP contribution in [0.4, 0.5) is 0 Å². The lowest BCUT2D eigenvalue weighted by Crippen LogP contribution is -2.28. The molecule has 1 saturated carbocycles. The van der Waals surface area contributed by atoms with Crippen LogP contribution in [0.1, 0.15) is 59.2 Å². The Morgan fingerprint density at radius 1 is 1.17 bits per heavy atom. The van der Waals surface area contributed by atoms with Gasteiger partial charge in [-0.15, -0.1) is 11.8 Å². The van der Waals surface area contributed by atoms with Gasteiger partial charge < -0.3 is 14.6 Å². The fourth-order valence-corrected chi connectivity index (χ4v) is 6.40. The van der Waals surface area contributed by atoms with Gasteiger partial charge in [-0.3, -0.25) is 9.59 Å². The van der Waals surface area contributed by atoms with Gasteiger partial charge in [-0.2, -0.15) is 11.8 Å². The number of rotatable bonds is 8. The Kier molecular flexibility index (Phi) is 7.44. The predicted octanol–water partition coefficient (Wildman–Crippen LogP) is 4.85. The number of hydrogen-bond acceptors (Lipinski definition) is 5. The lowest BCUT2D eigenvalue weighted by Gasteiger charge is -2.23. The molecule has 160 valence electrons. The van der Waals surface area contributed by atoms with Crippen molar-refractivity contribution < 1.29 is 14.0 Å². The minimum Gasteiger partial charge on any atom is -0.467 e. The topological polar surface area (TPSA) is 62.6 Å². The van der Waals surface area contributed by atoms with Crippen molar-refractivity contribution >= 4 is 35.3 Å². The third-order valence-electron chi connectivity index (χ3n) is 5.63. The largest absolute Gasteiger partial charge is 0.467 e. The standard InChI is InChI=1S/C23H28N2O3S2/c26-21-16-30-23(25(21)15-19-5-4-13-28-19)18-10-8-17(9-11-18)22(27)24-12-14-29-20-6-2-1-3-7-20/h4-5,8-11,13,20,23H,1-3,6-7,12,14-16H2,(H,24,27)/t23-/m1/s1. The first-order chi connectivity index (χ1) is 14.7. The van der Waals surface area contributed by atoms with E-state index >= 15 is 0 Å². The molecule has 2 fully saturated rings. The highest BCUT2D eigenvalue weighted by molar-refractivity contribution is 8.00. The Morgan fingerprint density at radius 3 is 2.70 bits per heavy atom. The number of nitrogens with zero attached hydrogens (tertiary/aromatic N) is 1. The quantitative estimate of drug-likeness (QED) is 0.590. The van der Waals surface area contributed by atoms with Crippen LogP contribution >= 0.6 is 23.5 Å². The molecule has 2 aromatic rings. The SMILES string of the molecule is O=C(NCCSC1CCCCC1)c1ccc([C@H]2SCC(=O)N2Cc2ccco2)cc1. The average Bonchev–Trinajstić information content (AvgIpc) is 3.42. The highest BCUT2D eigenvalue weighted by atomic mass is 32.2. The molecule has 2 amide bonds. The van der Waals surface area contributed by atoms with E-state index in [1.54, 1.807) is 18.0 Å². The maximum Gasteiger partial charge on any atom is 0.251 e. The maximum absolute atomic E-state index is 12.5. The zero-order chi connectivity index (χ0) is 20.8. The van der Waals surface area contributed by atoms with Gasteiger partial charge in [0.2, 0.25) is 5.91 Å². The van der Waals surface area contributed by atoms with Crippen molar-refractivity contribution in [3.8, 4) is 0 Å². The molecule has 1 atom stereocenters. The predicted molar refractivity (Wildman–Crippen MR) is 123 cm³/mol. The molecule has 0 spiro atoms. The zero-order valence-electron chi connectivity index (χ0n) is 17.0. The van der Waals surface area contributed by atoms with Crippen LogP contribution in [-0.2, 0) is 11.3 Å². The highest BCUT2D eigenvalue weighted by Crippen LogP contribution is 2.39. The summed E-state index contributed by atoms with van der Waals surface area (Å²) in [5, 5.41) is 3.75. The van der Waals surface area contributed by atoms with Crippen LogP contribution in [0.2, 0.25) is 0 Å². The van der Waals surface area contributed by atoms with E-state index in [1.807, 2.05) is 53.1 Å². The minimum absolute atomic E-state index is 0.0339. The third kappa shape index (κ3) is 5.43. The Labute approximate surface area is 186 Å². The van der Waals surface area contributed by atoms with Crippen LogP contribution in [0.15, 0.2) is 47.1 Å². The van der Waals surface area contributed by atoms with E-state index in [2.05, 4.69) is 5.32 Å². The second-order valence-corrected chi connectivity index (χ2v) is 10.2. The molecule has 2 heterocycles. The fourth-order valence-electron chi connectivity index (χ4n) is 3.99. The van der Waals surface area contributed by atoms with Gasteiger partial charge in [0.1, 0.15) is 11.1 Å². The lowest BCUT2D eigenvalue weighted by molar-refractivity contribution is -0.128. The van der Waals surface area contributed by atoms with Gasteiger partial charge in [0.15, 0.2) is 0 Å². The summed E-state index contributed by atoms with van der Waals surface area (Å²) in [7, 11) is 0. The van der Waals surface area contributed by atoms with Gasteiger partial charge in [-0.1, -0.05) is 31.4 Å². The number of thioether (sulfide) groups is 2. The first-order valence-corrected chi connectivity index (χ1v) is 12.7. The maximum atomic E-state index is 12.5. The molecule has 30 heavy (non-hydrogen) atoms. The smallest absolute Gasteiger partial charge is 0.251 e. The number of hydrogen-bond donors (Lipinski definition) is 1. The Hall–Kier alpha value is -1.86. The summed E-state index contributed by atoms with van der Waals surface area (Å²) in [5.41, 5.74) is 1.69. The van der Waals surface area contributed by atoms with Crippen molar-refractivity contribution in [3.05, 3.63) is 59.5 Å². The molecular formula is C23H28N2O3S2. The van der Waals surface area contributed by atoms with Gasteiger partial charge in [-0.05, 0) is 42.7 Å². The van der Waals surface area contributed by atoms with E-state index in [4.69, 9.17) is 4.42 Å². The Balaban J connectivity index is 1.28. The van der Waals surface area contributed by atoms with Crippen LogP contribution < -0.4 is 5.32 Å². The summed E-state index contributed by atoms with van der Waals surface area (Å²) in [5.74, 6) is 2.29. The van der Waals surface area contributed by atoms with Crippen LogP contribution in [0.5, 0.6) is 0 Å². The summed E-state index contributed by atoms with van der Waals surface area (Å²) in [6.07, 6.45) is 8.33. The zero-order valence-corrected chi connectivity index (χ0v) is 18.7. The van der Waals surface area contributed by atoms with E-state index in [0.29, 0.717) is 24.4 Å².